The zero-order valence-corrected chi connectivity index (χ0v) is 23.0. The van der Waals surface area contributed by atoms with Gasteiger partial charge in [0.2, 0.25) is 0 Å². The predicted molar refractivity (Wildman–Crippen MR) is 136 cm³/mol. The molecule has 3 unspecified atom stereocenters. The summed E-state index contributed by atoms with van der Waals surface area (Å²) in [6, 6.07) is 0. The Morgan fingerprint density at radius 2 is 2.03 bits per heavy atom. The maximum atomic E-state index is 12.0. The van der Waals surface area contributed by atoms with Crippen LogP contribution in [0.1, 0.15) is 91.7 Å². The number of aromatic nitrogens is 2. The number of rotatable bonds is 8. The van der Waals surface area contributed by atoms with Gasteiger partial charge in [-0.25, -0.2) is 4.79 Å². The molecule has 1 aromatic rings. The third-order valence-corrected chi connectivity index (χ3v) is 8.21. The summed E-state index contributed by atoms with van der Waals surface area (Å²) in [5, 5.41) is 7.56. The lowest BCUT2D eigenvalue weighted by Crippen LogP contribution is -2.54. The summed E-state index contributed by atoms with van der Waals surface area (Å²) in [4.78, 5) is 12.0. The first-order chi connectivity index (χ1) is 14.9. The quantitative estimate of drug-likeness (QED) is 0.303. The minimum absolute atomic E-state index is 0.107. The first-order valence-corrected chi connectivity index (χ1v) is 13.3. The highest BCUT2D eigenvalue weighted by atomic mass is 127. The molecular weight excluding hydrogens is 517 g/mol. The molecule has 2 bridgehead atoms. The highest BCUT2D eigenvalue weighted by Crippen LogP contribution is 2.60. The minimum Gasteiger partial charge on any atom is -0.444 e. The first kappa shape index (κ1) is 25.8. The number of alkyl carbamates (subject to hydrolysis) is 1. The lowest BCUT2D eigenvalue weighted by Gasteiger charge is -2.58. The molecule has 182 valence electrons. The van der Waals surface area contributed by atoms with Crippen LogP contribution in [0.2, 0.25) is 0 Å². The second-order valence-electron chi connectivity index (χ2n) is 11.6. The van der Waals surface area contributed by atoms with Crippen molar-refractivity contribution in [1.29, 1.82) is 0 Å². The van der Waals surface area contributed by atoms with Gasteiger partial charge in [0.1, 0.15) is 5.60 Å². The minimum atomic E-state index is -0.486. The van der Waals surface area contributed by atoms with Gasteiger partial charge in [0.25, 0.3) is 0 Å². The van der Waals surface area contributed by atoms with Crippen LogP contribution in [0.4, 0.5) is 4.79 Å². The second kappa shape index (κ2) is 9.80. The predicted octanol–water partition coefficient (Wildman–Crippen LogP) is 6.24. The van der Waals surface area contributed by atoms with Gasteiger partial charge < -0.3 is 14.8 Å². The molecule has 2 saturated carbocycles. The van der Waals surface area contributed by atoms with Crippen LogP contribution in [0, 0.1) is 21.3 Å². The molecule has 32 heavy (non-hydrogen) atoms. The number of hydrogen-bond donors (Lipinski definition) is 1. The number of carbonyl (C=O) groups is 1. The summed E-state index contributed by atoms with van der Waals surface area (Å²) in [7, 11) is 0. The van der Waals surface area contributed by atoms with Crippen molar-refractivity contribution >= 4 is 28.7 Å². The van der Waals surface area contributed by atoms with E-state index in [1.165, 1.54) is 41.4 Å². The van der Waals surface area contributed by atoms with Gasteiger partial charge >= 0.3 is 6.09 Å². The molecule has 0 spiro atoms. The highest BCUT2D eigenvalue weighted by molar-refractivity contribution is 14.1. The van der Waals surface area contributed by atoms with Gasteiger partial charge in [-0.15, -0.1) is 0 Å². The molecule has 6 nitrogen and oxygen atoms in total. The monoisotopic (exact) mass is 559 g/mol. The van der Waals surface area contributed by atoms with Gasteiger partial charge in [0.15, 0.2) is 0 Å². The molecule has 7 heteroatoms. The molecule has 0 aromatic carbocycles. The van der Waals surface area contributed by atoms with Gasteiger partial charge in [0, 0.05) is 18.8 Å². The van der Waals surface area contributed by atoms with Crippen LogP contribution >= 0.6 is 22.6 Å². The van der Waals surface area contributed by atoms with E-state index in [0.717, 1.165) is 25.8 Å². The summed E-state index contributed by atoms with van der Waals surface area (Å²) >= 11 is 2.38. The van der Waals surface area contributed by atoms with E-state index < -0.39 is 5.60 Å². The van der Waals surface area contributed by atoms with Crippen molar-refractivity contribution in [2.45, 2.75) is 111 Å². The van der Waals surface area contributed by atoms with E-state index in [1.54, 1.807) is 0 Å². The average molecular weight is 560 g/mol. The second-order valence-corrected chi connectivity index (χ2v) is 12.8. The van der Waals surface area contributed by atoms with Crippen molar-refractivity contribution in [3.05, 3.63) is 15.5 Å². The van der Waals surface area contributed by atoms with Crippen molar-refractivity contribution in [3.63, 3.8) is 0 Å². The van der Waals surface area contributed by atoms with Crippen LogP contribution in [0.15, 0.2) is 6.20 Å². The van der Waals surface area contributed by atoms with Crippen molar-refractivity contribution in [3.8, 4) is 0 Å². The van der Waals surface area contributed by atoms with E-state index in [1.807, 2.05) is 27.0 Å². The van der Waals surface area contributed by atoms with Crippen LogP contribution in [0.3, 0.4) is 0 Å². The van der Waals surface area contributed by atoms with Crippen LogP contribution in [0.5, 0.6) is 0 Å². The number of fused-ring (bicyclic) bond motifs is 2. The lowest BCUT2D eigenvalue weighted by atomic mass is 9.51. The number of hydrogen-bond acceptors (Lipinski definition) is 4. The third-order valence-electron chi connectivity index (χ3n) is 7.15. The maximum Gasteiger partial charge on any atom is 0.407 e. The Morgan fingerprint density at radius 3 is 2.66 bits per heavy atom. The van der Waals surface area contributed by atoms with Crippen molar-refractivity contribution in [1.82, 2.24) is 15.1 Å². The molecule has 1 N–H and O–H groups in total. The van der Waals surface area contributed by atoms with E-state index in [0.29, 0.717) is 18.6 Å². The number of halogens is 1. The fraction of sp³-hybridized carbons (Fsp3) is 0.840. The van der Waals surface area contributed by atoms with Gasteiger partial charge in [-0.05, 0) is 99.6 Å². The summed E-state index contributed by atoms with van der Waals surface area (Å²) in [6.07, 6.45) is 11.0. The van der Waals surface area contributed by atoms with Crippen LogP contribution in [-0.2, 0) is 16.0 Å². The zero-order chi connectivity index (χ0) is 23.6. The van der Waals surface area contributed by atoms with E-state index in [-0.39, 0.29) is 17.1 Å². The van der Waals surface area contributed by atoms with Crippen molar-refractivity contribution in [2.24, 2.45) is 10.8 Å². The van der Waals surface area contributed by atoms with Gasteiger partial charge in [-0.3, -0.25) is 4.68 Å². The Morgan fingerprint density at radius 1 is 1.28 bits per heavy atom. The number of amides is 1. The van der Waals surface area contributed by atoms with E-state index in [9.17, 15) is 4.79 Å². The third kappa shape index (κ3) is 6.39. The largest absolute Gasteiger partial charge is 0.444 e. The Bertz CT molecular complexity index is 805. The van der Waals surface area contributed by atoms with Crippen LogP contribution < -0.4 is 5.32 Å². The molecule has 0 saturated heterocycles. The Balaban J connectivity index is 1.71. The summed E-state index contributed by atoms with van der Waals surface area (Å²) in [6.45, 7) is 14.5. The summed E-state index contributed by atoms with van der Waals surface area (Å²) in [5.74, 6) is 0. The SMILES string of the molecule is CCCC1(Cn2ncc(I)c2C)CC2(C)CCCC(OCCNC(=O)OC(C)(C)C)(C2)C1. The smallest absolute Gasteiger partial charge is 0.407 e. The van der Waals surface area contributed by atoms with Gasteiger partial charge in [-0.2, -0.15) is 5.10 Å². The Labute approximate surface area is 207 Å². The number of nitrogens with zero attached hydrogens (tertiary/aromatic N) is 2. The highest BCUT2D eigenvalue weighted by Gasteiger charge is 2.55. The molecule has 3 atom stereocenters. The molecule has 1 aromatic heterocycles. The molecule has 0 aliphatic heterocycles. The number of carbonyl (C=O) groups excluding carboxylic acids is 1. The molecule has 0 radical (unpaired) electrons. The van der Waals surface area contributed by atoms with Crippen molar-refractivity contribution < 1.29 is 14.3 Å². The first-order valence-electron chi connectivity index (χ1n) is 12.2. The normalized spacial score (nSPS) is 30.2. The average Bonchev–Trinajstić information content (AvgIpc) is 2.95. The van der Waals surface area contributed by atoms with E-state index in [2.05, 4.69) is 53.4 Å². The van der Waals surface area contributed by atoms with E-state index >= 15 is 0 Å². The number of ether oxygens (including phenoxy) is 2. The maximum absolute atomic E-state index is 12.0. The summed E-state index contributed by atoms with van der Waals surface area (Å²) in [5.41, 5.74) is 1.17. The zero-order valence-electron chi connectivity index (χ0n) is 20.9. The molecule has 3 rings (SSSR count). The fourth-order valence-electron chi connectivity index (χ4n) is 6.45. The van der Waals surface area contributed by atoms with Crippen LogP contribution in [-0.4, -0.2) is 40.2 Å². The molecule has 1 amide bonds. The number of nitrogens with one attached hydrogen (secondary N) is 1. The standard InChI is InChI=1S/C25H42IN3O3/c1-7-9-24(18-29-19(2)20(26)14-28-29)15-23(6)10-8-11-25(16-23,17-24)31-13-12-27-21(30)32-22(3,4)5/h14H,7-13,15-18H2,1-6H3,(H,27,30). The fourth-order valence-corrected chi connectivity index (χ4v) is 6.86. The van der Waals surface area contributed by atoms with Gasteiger partial charge in [-0.1, -0.05) is 26.7 Å². The molecule has 2 fully saturated rings. The molecule has 1 heterocycles. The Hall–Kier alpha value is -0.830. The molecule has 2 aliphatic rings. The van der Waals surface area contributed by atoms with E-state index in [4.69, 9.17) is 14.6 Å². The van der Waals surface area contributed by atoms with Crippen molar-refractivity contribution in [2.75, 3.05) is 13.2 Å². The lowest BCUT2D eigenvalue weighted by molar-refractivity contribution is -0.171. The topological polar surface area (TPSA) is 65.4 Å². The summed E-state index contributed by atoms with van der Waals surface area (Å²) < 4.78 is 15.5. The van der Waals surface area contributed by atoms with Gasteiger partial charge in [0.05, 0.1) is 22.0 Å². The molecule has 2 aliphatic carbocycles. The Kier molecular flexibility index (Phi) is 7.90. The molecular formula is C25H42IN3O3. The van der Waals surface area contributed by atoms with Crippen LogP contribution in [0.25, 0.3) is 0 Å².